The van der Waals surface area contributed by atoms with Crippen molar-refractivity contribution in [3.05, 3.63) is 53.5 Å². The van der Waals surface area contributed by atoms with Crippen LogP contribution in [0.5, 0.6) is 0 Å². The van der Waals surface area contributed by atoms with Crippen LogP contribution in [0.2, 0.25) is 0 Å². The summed E-state index contributed by atoms with van der Waals surface area (Å²) in [5.74, 6) is -1.78. The number of amides is 1. The van der Waals surface area contributed by atoms with Crippen molar-refractivity contribution in [2.45, 2.75) is 6.18 Å². The number of rotatable bonds is 3. The molecule has 0 unspecified atom stereocenters. The van der Waals surface area contributed by atoms with Gasteiger partial charge in [0.25, 0.3) is 5.91 Å². The smallest absolute Gasteiger partial charge is 0.365 e. The number of nitrogens with one attached hydrogen (secondary N) is 1. The second-order valence-electron chi connectivity index (χ2n) is 4.09. The molecule has 0 bridgehead atoms. The standard InChI is InChI=1S/C13H9F4N3O/c14-7-1-3-8(4-2-7)19-12-9(11(18)21)5-6-10(20-12)13(15,16)17/h1-6H,(H2,18,21)(H,19,20). The molecule has 0 atom stereocenters. The number of aromatic nitrogens is 1. The van der Waals surface area contributed by atoms with Gasteiger partial charge < -0.3 is 11.1 Å². The number of pyridine rings is 1. The van der Waals surface area contributed by atoms with E-state index in [4.69, 9.17) is 5.73 Å². The van der Waals surface area contributed by atoms with E-state index in [2.05, 4.69) is 10.3 Å². The van der Waals surface area contributed by atoms with Gasteiger partial charge in [0.05, 0.1) is 5.56 Å². The van der Waals surface area contributed by atoms with E-state index in [1.165, 1.54) is 12.1 Å². The highest BCUT2D eigenvalue weighted by molar-refractivity contribution is 5.98. The number of anilines is 2. The van der Waals surface area contributed by atoms with Crippen molar-refractivity contribution < 1.29 is 22.4 Å². The molecule has 1 heterocycles. The predicted octanol–water partition coefficient (Wildman–Crippen LogP) is 3.08. The summed E-state index contributed by atoms with van der Waals surface area (Å²) in [6.07, 6.45) is -4.66. The number of carbonyl (C=O) groups excluding carboxylic acids is 1. The van der Waals surface area contributed by atoms with Gasteiger partial charge in [0.1, 0.15) is 17.3 Å². The minimum absolute atomic E-state index is 0.202. The van der Waals surface area contributed by atoms with Crippen LogP contribution in [0.25, 0.3) is 0 Å². The number of nitrogens with zero attached hydrogens (tertiary/aromatic N) is 1. The van der Waals surface area contributed by atoms with E-state index in [1.54, 1.807) is 0 Å². The van der Waals surface area contributed by atoms with E-state index in [-0.39, 0.29) is 17.1 Å². The Labute approximate surface area is 116 Å². The fourth-order valence-electron chi connectivity index (χ4n) is 1.58. The fraction of sp³-hybridized carbons (Fsp3) is 0.0769. The van der Waals surface area contributed by atoms with Crippen LogP contribution in [-0.2, 0) is 6.18 Å². The molecule has 0 saturated heterocycles. The molecule has 0 saturated carbocycles. The first kappa shape index (κ1) is 14.8. The third-order valence-corrected chi connectivity index (χ3v) is 2.56. The molecule has 0 radical (unpaired) electrons. The van der Waals surface area contributed by atoms with E-state index in [1.807, 2.05) is 0 Å². The summed E-state index contributed by atoms with van der Waals surface area (Å²) in [7, 11) is 0. The number of hydrogen-bond acceptors (Lipinski definition) is 3. The first-order chi connectivity index (χ1) is 9.77. The van der Waals surface area contributed by atoms with Gasteiger partial charge in [0.2, 0.25) is 0 Å². The summed E-state index contributed by atoms with van der Waals surface area (Å²) < 4.78 is 50.7. The molecule has 1 aromatic heterocycles. The molecular formula is C13H9F4N3O. The van der Waals surface area contributed by atoms with Crippen molar-refractivity contribution >= 4 is 17.4 Å². The Hall–Kier alpha value is -2.64. The van der Waals surface area contributed by atoms with Crippen LogP contribution in [0, 0.1) is 5.82 Å². The van der Waals surface area contributed by atoms with Crippen LogP contribution < -0.4 is 11.1 Å². The molecule has 110 valence electrons. The molecule has 3 N–H and O–H groups in total. The quantitative estimate of drug-likeness (QED) is 0.856. The maximum atomic E-state index is 12.8. The Morgan fingerprint density at radius 3 is 2.24 bits per heavy atom. The monoisotopic (exact) mass is 299 g/mol. The van der Waals surface area contributed by atoms with E-state index in [9.17, 15) is 22.4 Å². The highest BCUT2D eigenvalue weighted by Crippen LogP contribution is 2.30. The first-order valence-corrected chi connectivity index (χ1v) is 5.68. The zero-order chi connectivity index (χ0) is 15.6. The molecule has 0 aliphatic rings. The lowest BCUT2D eigenvalue weighted by atomic mass is 10.2. The molecular weight excluding hydrogens is 290 g/mol. The Bertz CT molecular complexity index is 668. The molecule has 2 rings (SSSR count). The van der Waals surface area contributed by atoms with Gasteiger partial charge in [-0.3, -0.25) is 4.79 Å². The molecule has 1 aromatic carbocycles. The fourth-order valence-corrected chi connectivity index (χ4v) is 1.58. The summed E-state index contributed by atoms with van der Waals surface area (Å²) in [4.78, 5) is 14.6. The van der Waals surface area contributed by atoms with Crippen LogP contribution in [-0.4, -0.2) is 10.9 Å². The first-order valence-electron chi connectivity index (χ1n) is 5.68. The molecule has 0 aliphatic heterocycles. The van der Waals surface area contributed by atoms with Crippen molar-refractivity contribution in [2.75, 3.05) is 5.32 Å². The molecule has 21 heavy (non-hydrogen) atoms. The average Bonchev–Trinajstić information content (AvgIpc) is 2.40. The van der Waals surface area contributed by atoms with Gasteiger partial charge in [-0.1, -0.05) is 0 Å². The third kappa shape index (κ3) is 3.47. The summed E-state index contributed by atoms with van der Waals surface area (Å²) >= 11 is 0. The lowest BCUT2D eigenvalue weighted by Crippen LogP contribution is -2.17. The molecule has 8 heteroatoms. The molecule has 2 aromatic rings. The number of hydrogen-bond donors (Lipinski definition) is 2. The molecule has 1 amide bonds. The number of halogens is 4. The third-order valence-electron chi connectivity index (χ3n) is 2.56. The van der Waals surface area contributed by atoms with Crippen LogP contribution in [0.1, 0.15) is 16.1 Å². The van der Waals surface area contributed by atoms with Crippen molar-refractivity contribution in [1.29, 1.82) is 0 Å². The topological polar surface area (TPSA) is 68.0 Å². The SMILES string of the molecule is NC(=O)c1ccc(C(F)(F)F)nc1Nc1ccc(F)cc1. The lowest BCUT2D eigenvalue weighted by Gasteiger charge is -2.12. The van der Waals surface area contributed by atoms with Gasteiger partial charge in [0, 0.05) is 5.69 Å². The van der Waals surface area contributed by atoms with Crippen LogP contribution in [0.15, 0.2) is 36.4 Å². The maximum absolute atomic E-state index is 12.8. The maximum Gasteiger partial charge on any atom is 0.433 e. The normalized spacial score (nSPS) is 11.2. The van der Waals surface area contributed by atoms with Gasteiger partial charge >= 0.3 is 6.18 Å². The van der Waals surface area contributed by atoms with Gasteiger partial charge in [0.15, 0.2) is 0 Å². The van der Waals surface area contributed by atoms with E-state index >= 15 is 0 Å². The molecule has 0 spiro atoms. The van der Waals surface area contributed by atoms with Gasteiger partial charge in [-0.2, -0.15) is 13.2 Å². The van der Waals surface area contributed by atoms with Crippen LogP contribution in [0.4, 0.5) is 29.1 Å². The summed E-state index contributed by atoms with van der Waals surface area (Å²) in [6, 6.07) is 6.41. The predicted molar refractivity (Wildman–Crippen MR) is 67.4 cm³/mol. The minimum atomic E-state index is -4.66. The second kappa shape index (κ2) is 5.39. The lowest BCUT2D eigenvalue weighted by molar-refractivity contribution is -0.141. The van der Waals surface area contributed by atoms with Crippen LogP contribution in [0.3, 0.4) is 0 Å². The molecule has 0 fully saturated rings. The molecule has 4 nitrogen and oxygen atoms in total. The van der Waals surface area contributed by atoms with Gasteiger partial charge in [-0.15, -0.1) is 0 Å². The number of carbonyl (C=O) groups is 1. The van der Waals surface area contributed by atoms with Gasteiger partial charge in [-0.25, -0.2) is 9.37 Å². The van der Waals surface area contributed by atoms with Crippen molar-refractivity contribution in [3.63, 3.8) is 0 Å². The summed E-state index contributed by atoms with van der Waals surface area (Å²) in [6.45, 7) is 0. The van der Waals surface area contributed by atoms with Crippen LogP contribution >= 0.6 is 0 Å². The Morgan fingerprint density at radius 2 is 1.71 bits per heavy atom. The van der Waals surface area contributed by atoms with Crippen molar-refractivity contribution in [2.24, 2.45) is 5.73 Å². The highest BCUT2D eigenvalue weighted by atomic mass is 19.4. The number of primary amides is 1. The summed E-state index contributed by atoms with van der Waals surface area (Å²) in [5, 5.41) is 2.51. The largest absolute Gasteiger partial charge is 0.433 e. The summed E-state index contributed by atoms with van der Waals surface area (Å²) in [5.41, 5.74) is 3.99. The number of alkyl halides is 3. The Morgan fingerprint density at radius 1 is 1.10 bits per heavy atom. The van der Waals surface area contributed by atoms with E-state index in [0.29, 0.717) is 6.07 Å². The Kier molecular flexibility index (Phi) is 3.79. The van der Waals surface area contributed by atoms with Crippen molar-refractivity contribution in [1.82, 2.24) is 4.98 Å². The minimum Gasteiger partial charge on any atom is -0.365 e. The number of nitrogens with two attached hydrogens (primary N) is 1. The Balaban J connectivity index is 2.43. The second-order valence-corrected chi connectivity index (χ2v) is 4.09. The van der Waals surface area contributed by atoms with Crippen molar-refractivity contribution in [3.8, 4) is 0 Å². The zero-order valence-electron chi connectivity index (χ0n) is 10.4. The number of benzene rings is 1. The van der Waals surface area contributed by atoms with Gasteiger partial charge in [-0.05, 0) is 36.4 Å². The molecule has 0 aliphatic carbocycles. The average molecular weight is 299 g/mol. The van der Waals surface area contributed by atoms with E-state index in [0.717, 1.165) is 18.2 Å². The zero-order valence-corrected chi connectivity index (χ0v) is 10.4. The van der Waals surface area contributed by atoms with E-state index < -0.39 is 23.6 Å². The highest BCUT2D eigenvalue weighted by Gasteiger charge is 2.33.